The Morgan fingerprint density at radius 1 is 1.20 bits per heavy atom. The second-order valence-corrected chi connectivity index (χ2v) is 7.60. The number of halogens is 1. The lowest BCUT2D eigenvalue weighted by Crippen LogP contribution is -2.47. The van der Waals surface area contributed by atoms with E-state index in [2.05, 4.69) is 5.32 Å². The summed E-state index contributed by atoms with van der Waals surface area (Å²) in [4.78, 5) is 11.8. The van der Waals surface area contributed by atoms with E-state index in [4.69, 9.17) is 5.73 Å². The first-order chi connectivity index (χ1) is 9.10. The maximum absolute atomic E-state index is 11.8. The lowest BCUT2D eigenvalue weighted by atomic mass is 9.49. The lowest BCUT2D eigenvalue weighted by Gasteiger charge is -2.57. The highest BCUT2D eigenvalue weighted by Gasteiger charge is 2.50. The van der Waals surface area contributed by atoms with Crippen LogP contribution in [0.3, 0.4) is 0 Å². The topological polar surface area (TPSA) is 55.1 Å². The van der Waals surface area contributed by atoms with Crippen molar-refractivity contribution >= 4 is 18.3 Å². The van der Waals surface area contributed by atoms with E-state index in [0.29, 0.717) is 12.0 Å². The smallest absolute Gasteiger partial charge is 0.224 e. The minimum atomic E-state index is -0.0450. The quantitative estimate of drug-likeness (QED) is 0.820. The summed E-state index contributed by atoms with van der Waals surface area (Å²) in [5.74, 6) is 3.10. The normalized spacial score (nSPS) is 39.2. The Morgan fingerprint density at radius 2 is 1.70 bits per heavy atom. The number of carbonyl (C=O) groups excluding carboxylic acids is 1. The standard InChI is InChI=1S/C16H28N2O.ClH/c1-11(10-17)15(19)18-3-2-16-7-12-4-13(8-16)6-14(5-12)9-16;/h11-14H,2-10,17H2,1H3,(H,18,19);1H. The first kappa shape index (κ1) is 16.1. The number of hydrogen-bond acceptors (Lipinski definition) is 2. The molecule has 0 heterocycles. The molecular weight excluding hydrogens is 272 g/mol. The van der Waals surface area contributed by atoms with Crippen LogP contribution in [0, 0.1) is 29.1 Å². The van der Waals surface area contributed by atoms with E-state index in [9.17, 15) is 4.79 Å². The molecule has 0 aliphatic heterocycles. The van der Waals surface area contributed by atoms with E-state index >= 15 is 0 Å². The Balaban J connectivity index is 0.00000147. The van der Waals surface area contributed by atoms with Crippen LogP contribution in [-0.2, 0) is 4.79 Å². The monoisotopic (exact) mass is 300 g/mol. The molecule has 0 aromatic heterocycles. The van der Waals surface area contributed by atoms with Crippen molar-refractivity contribution in [1.82, 2.24) is 5.32 Å². The van der Waals surface area contributed by atoms with Crippen molar-refractivity contribution in [3.8, 4) is 0 Å². The summed E-state index contributed by atoms with van der Waals surface area (Å²) in [6, 6.07) is 0. The Kier molecular flexibility index (Phi) is 5.01. The highest BCUT2D eigenvalue weighted by molar-refractivity contribution is 5.85. The van der Waals surface area contributed by atoms with Gasteiger partial charge in [-0.15, -0.1) is 12.4 Å². The van der Waals surface area contributed by atoms with Gasteiger partial charge in [0, 0.05) is 19.0 Å². The number of hydrogen-bond donors (Lipinski definition) is 2. The largest absolute Gasteiger partial charge is 0.356 e. The molecule has 4 aliphatic rings. The molecule has 20 heavy (non-hydrogen) atoms. The highest BCUT2D eigenvalue weighted by Crippen LogP contribution is 2.61. The average molecular weight is 301 g/mol. The Bertz CT molecular complexity index is 323. The fraction of sp³-hybridized carbons (Fsp3) is 0.938. The fourth-order valence-electron chi connectivity index (χ4n) is 5.33. The predicted molar refractivity (Wildman–Crippen MR) is 83.7 cm³/mol. The maximum atomic E-state index is 11.8. The van der Waals surface area contributed by atoms with Gasteiger partial charge in [0.1, 0.15) is 0 Å². The Labute approximate surface area is 128 Å². The van der Waals surface area contributed by atoms with Crippen LogP contribution in [0.4, 0.5) is 0 Å². The molecule has 0 spiro atoms. The molecule has 4 heteroatoms. The molecule has 1 amide bonds. The van der Waals surface area contributed by atoms with Crippen LogP contribution >= 0.6 is 12.4 Å². The molecule has 116 valence electrons. The van der Waals surface area contributed by atoms with Crippen molar-refractivity contribution in [3.05, 3.63) is 0 Å². The van der Waals surface area contributed by atoms with Crippen molar-refractivity contribution in [2.24, 2.45) is 34.8 Å². The van der Waals surface area contributed by atoms with E-state index in [1.54, 1.807) is 0 Å². The van der Waals surface area contributed by atoms with Crippen molar-refractivity contribution < 1.29 is 4.79 Å². The van der Waals surface area contributed by atoms with E-state index in [-0.39, 0.29) is 24.2 Å². The number of carbonyl (C=O) groups is 1. The lowest BCUT2D eigenvalue weighted by molar-refractivity contribution is -0.124. The molecule has 1 atom stereocenters. The molecule has 0 aromatic rings. The van der Waals surface area contributed by atoms with E-state index in [1.807, 2.05) is 6.92 Å². The summed E-state index contributed by atoms with van der Waals surface area (Å²) in [6.07, 6.45) is 9.98. The van der Waals surface area contributed by atoms with Gasteiger partial charge in [-0.1, -0.05) is 6.92 Å². The van der Waals surface area contributed by atoms with Gasteiger partial charge < -0.3 is 11.1 Å². The summed E-state index contributed by atoms with van der Waals surface area (Å²) in [5.41, 5.74) is 6.11. The summed E-state index contributed by atoms with van der Waals surface area (Å²) in [6.45, 7) is 3.21. The van der Waals surface area contributed by atoms with Gasteiger partial charge in [-0.05, 0) is 68.1 Å². The second kappa shape index (κ2) is 6.23. The number of rotatable bonds is 5. The number of nitrogens with one attached hydrogen (secondary N) is 1. The summed E-state index contributed by atoms with van der Waals surface area (Å²) < 4.78 is 0. The zero-order valence-corrected chi connectivity index (χ0v) is 13.4. The van der Waals surface area contributed by atoms with Crippen LogP contribution in [0.1, 0.15) is 51.9 Å². The molecule has 0 aromatic carbocycles. The Morgan fingerprint density at radius 3 is 2.15 bits per heavy atom. The molecule has 3 N–H and O–H groups in total. The van der Waals surface area contributed by atoms with Crippen LogP contribution in [0.2, 0.25) is 0 Å². The predicted octanol–water partition coefficient (Wildman–Crippen LogP) is 2.73. The van der Waals surface area contributed by atoms with E-state index in [1.165, 1.54) is 44.9 Å². The second-order valence-electron chi connectivity index (χ2n) is 7.60. The van der Waals surface area contributed by atoms with Crippen molar-refractivity contribution in [3.63, 3.8) is 0 Å². The van der Waals surface area contributed by atoms with E-state index < -0.39 is 0 Å². The van der Waals surface area contributed by atoms with Crippen LogP contribution in [0.15, 0.2) is 0 Å². The number of amides is 1. The van der Waals surface area contributed by atoms with Crippen LogP contribution < -0.4 is 11.1 Å². The van der Waals surface area contributed by atoms with Gasteiger partial charge in [-0.3, -0.25) is 4.79 Å². The summed E-state index contributed by atoms with van der Waals surface area (Å²) in [5, 5.41) is 3.09. The van der Waals surface area contributed by atoms with Gasteiger partial charge in [0.25, 0.3) is 0 Å². The summed E-state index contributed by atoms with van der Waals surface area (Å²) >= 11 is 0. The van der Waals surface area contributed by atoms with Crippen LogP contribution in [0.5, 0.6) is 0 Å². The third-order valence-electron chi connectivity index (χ3n) is 5.92. The van der Waals surface area contributed by atoms with Crippen molar-refractivity contribution in [1.29, 1.82) is 0 Å². The average Bonchev–Trinajstić information content (AvgIpc) is 2.35. The molecule has 0 radical (unpaired) electrons. The Hall–Kier alpha value is -0.280. The third kappa shape index (κ3) is 3.14. The molecule has 4 bridgehead atoms. The van der Waals surface area contributed by atoms with Gasteiger partial charge in [0.15, 0.2) is 0 Å². The number of nitrogens with two attached hydrogens (primary N) is 1. The minimum Gasteiger partial charge on any atom is -0.356 e. The van der Waals surface area contributed by atoms with Gasteiger partial charge in [-0.25, -0.2) is 0 Å². The minimum absolute atomic E-state index is 0. The molecule has 4 fully saturated rings. The molecule has 1 unspecified atom stereocenters. The third-order valence-corrected chi connectivity index (χ3v) is 5.92. The van der Waals surface area contributed by atoms with Crippen LogP contribution in [0.25, 0.3) is 0 Å². The SMILES string of the molecule is CC(CN)C(=O)NCCC12CC3CC(CC(C3)C1)C2.Cl. The van der Waals surface area contributed by atoms with Gasteiger partial charge in [-0.2, -0.15) is 0 Å². The highest BCUT2D eigenvalue weighted by atomic mass is 35.5. The van der Waals surface area contributed by atoms with Gasteiger partial charge >= 0.3 is 0 Å². The summed E-state index contributed by atoms with van der Waals surface area (Å²) in [7, 11) is 0. The molecule has 0 saturated heterocycles. The van der Waals surface area contributed by atoms with Crippen LogP contribution in [-0.4, -0.2) is 19.0 Å². The maximum Gasteiger partial charge on any atom is 0.224 e. The molecule has 4 aliphatic carbocycles. The molecule has 3 nitrogen and oxygen atoms in total. The zero-order valence-electron chi connectivity index (χ0n) is 12.6. The zero-order chi connectivity index (χ0) is 13.5. The van der Waals surface area contributed by atoms with E-state index in [0.717, 1.165) is 24.3 Å². The molecule has 4 saturated carbocycles. The fourth-order valence-corrected chi connectivity index (χ4v) is 5.33. The van der Waals surface area contributed by atoms with Gasteiger partial charge in [0.2, 0.25) is 5.91 Å². The van der Waals surface area contributed by atoms with Gasteiger partial charge in [0.05, 0.1) is 0 Å². The first-order valence-electron chi connectivity index (χ1n) is 8.08. The van der Waals surface area contributed by atoms with Crippen molar-refractivity contribution in [2.75, 3.05) is 13.1 Å². The molecular formula is C16H29ClN2O. The van der Waals surface area contributed by atoms with Crippen molar-refractivity contribution in [2.45, 2.75) is 51.9 Å². The molecule has 4 rings (SSSR count). The first-order valence-corrected chi connectivity index (χ1v) is 8.08.